The Hall–Kier alpha value is -1.58. The number of carbonyl (C=O) groups is 1. The molecule has 2 aromatic rings. The SMILES string of the molecule is O=C(NC1CCN(C2CCS(=O)(=O)C2)CC1)c1ccc2nsnc2c1. The Balaban J connectivity index is 1.33. The van der Waals surface area contributed by atoms with Crippen molar-refractivity contribution in [2.24, 2.45) is 0 Å². The molecule has 2 aliphatic heterocycles. The van der Waals surface area contributed by atoms with E-state index in [1.807, 2.05) is 6.07 Å². The number of hydrogen-bond acceptors (Lipinski definition) is 7. The number of rotatable bonds is 3. The van der Waals surface area contributed by atoms with Gasteiger partial charge in [-0.25, -0.2) is 8.42 Å². The first kappa shape index (κ1) is 16.9. The van der Waals surface area contributed by atoms with Gasteiger partial charge in [0.25, 0.3) is 5.91 Å². The molecule has 7 nitrogen and oxygen atoms in total. The largest absolute Gasteiger partial charge is 0.349 e. The fourth-order valence-electron chi connectivity index (χ4n) is 3.66. The van der Waals surface area contributed by atoms with E-state index in [9.17, 15) is 13.2 Å². The summed E-state index contributed by atoms with van der Waals surface area (Å²) in [6.45, 7) is 1.67. The predicted molar refractivity (Wildman–Crippen MR) is 96.5 cm³/mol. The summed E-state index contributed by atoms with van der Waals surface area (Å²) in [5.41, 5.74) is 2.15. The Morgan fingerprint density at radius 1 is 1.16 bits per heavy atom. The van der Waals surface area contributed by atoms with E-state index in [-0.39, 0.29) is 23.7 Å². The monoisotopic (exact) mass is 380 g/mol. The molecule has 1 unspecified atom stereocenters. The molecule has 9 heteroatoms. The maximum absolute atomic E-state index is 12.5. The number of benzene rings is 1. The standard InChI is InChI=1S/C16H20N4O3S2/c21-16(11-1-2-14-15(9-11)19-24-18-14)17-12-3-6-20(7-4-12)13-5-8-25(22,23)10-13/h1-2,9,12-13H,3-8,10H2,(H,17,21). The van der Waals surface area contributed by atoms with Crippen molar-refractivity contribution in [3.05, 3.63) is 23.8 Å². The van der Waals surface area contributed by atoms with Crippen LogP contribution < -0.4 is 5.32 Å². The average Bonchev–Trinajstić information content (AvgIpc) is 3.20. The number of sulfone groups is 1. The summed E-state index contributed by atoms with van der Waals surface area (Å²) in [6, 6.07) is 5.65. The summed E-state index contributed by atoms with van der Waals surface area (Å²) >= 11 is 1.14. The lowest BCUT2D eigenvalue weighted by atomic mass is 10.0. The molecule has 1 aromatic carbocycles. The van der Waals surface area contributed by atoms with Gasteiger partial charge in [-0.15, -0.1) is 0 Å². The third kappa shape index (κ3) is 3.68. The lowest BCUT2D eigenvalue weighted by molar-refractivity contribution is 0.0898. The smallest absolute Gasteiger partial charge is 0.251 e. The van der Waals surface area contributed by atoms with Crippen LogP contribution in [-0.4, -0.2) is 64.7 Å². The quantitative estimate of drug-likeness (QED) is 0.856. The molecular formula is C16H20N4O3S2. The second kappa shape index (κ2) is 6.62. The Labute approximate surface area is 150 Å². The number of nitrogens with one attached hydrogen (secondary N) is 1. The lowest BCUT2D eigenvalue weighted by Crippen LogP contribution is -2.48. The van der Waals surface area contributed by atoms with Crippen molar-refractivity contribution >= 4 is 38.5 Å². The molecule has 0 radical (unpaired) electrons. The molecule has 0 aliphatic carbocycles. The van der Waals surface area contributed by atoms with Gasteiger partial charge in [0.2, 0.25) is 0 Å². The Morgan fingerprint density at radius 2 is 1.92 bits per heavy atom. The minimum Gasteiger partial charge on any atom is -0.349 e. The van der Waals surface area contributed by atoms with Crippen molar-refractivity contribution in [3.8, 4) is 0 Å². The highest BCUT2D eigenvalue weighted by Gasteiger charge is 2.34. The number of carbonyl (C=O) groups excluding carboxylic acids is 1. The number of aromatic nitrogens is 2. The first-order valence-corrected chi connectivity index (χ1v) is 11.0. The van der Waals surface area contributed by atoms with E-state index in [1.54, 1.807) is 12.1 Å². The molecule has 1 aromatic heterocycles. The molecule has 2 fully saturated rings. The summed E-state index contributed by atoms with van der Waals surface area (Å²) in [7, 11) is -2.85. The first-order chi connectivity index (χ1) is 12.0. The lowest BCUT2D eigenvalue weighted by Gasteiger charge is -2.35. The van der Waals surface area contributed by atoms with Crippen molar-refractivity contribution in [2.75, 3.05) is 24.6 Å². The van der Waals surface area contributed by atoms with Crippen LogP contribution in [0, 0.1) is 0 Å². The van der Waals surface area contributed by atoms with Gasteiger partial charge in [0.05, 0.1) is 23.2 Å². The van der Waals surface area contributed by atoms with Crippen LogP contribution in [0.2, 0.25) is 0 Å². The number of amides is 1. The molecule has 2 aliphatic rings. The molecule has 4 rings (SSSR count). The van der Waals surface area contributed by atoms with E-state index in [1.165, 1.54) is 0 Å². The van der Waals surface area contributed by atoms with Crippen LogP contribution in [0.5, 0.6) is 0 Å². The van der Waals surface area contributed by atoms with Gasteiger partial charge in [0.15, 0.2) is 9.84 Å². The number of hydrogen-bond donors (Lipinski definition) is 1. The van der Waals surface area contributed by atoms with Gasteiger partial charge in [0, 0.05) is 30.7 Å². The van der Waals surface area contributed by atoms with Gasteiger partial charge in [-0.1, -0.05) is 0 Å². The van der Waals surface area contributed by atoms with Crippen LogP contribution >= 0.6 is 11.7 Å². The van der Waals surface area contributed by atoms with Crippen molar-refractivity contribution < 1.29 is 13.2 Å². The van der Waals surface area contributed by atoms with E-state index in [0.717, 1.165) is 55.1 Å². The molecule has 134 valence electrons. The molecule has 1 amide bonds. The van der Waals surface area contributed by atoms with Crippen molar-refractivity contribution in [3.63, 3.8) is 0 Å². The van der Waals surface area contributed by atoms with E-state index in [0.29, 0.717) is 11.3 Å². The minimum atomic E-state index is -2.85. The zero-order chi connectivity index (χ0) is 17.4. The van der Waals surface area contributed by atoms with Crippen molar-refractivity contribution in [1.82, 2.24) is 19.0 Å². The highest BCUT2D eigenvalue weighted by Crippen LogP contribution is 2.22. The number of likely N-dealkylation sites (tertiary alicyclic amines) is 1. The van der Waals surface area contributed by atoms with E-state index >= 15 is 0 Å². The van der Waals surface area contributed by atoms with Crippen molar-refractivity contribution in [2.45, 2.75) is 31.3 Å². The zero-order valence-electron chi connectivity index (χ0n) is 13.7. The molecule has 0 spiro atoms. The third-order valence-electron chi connectivity index (χ3n) is 5.11. The van der Waals surface area contributed by atoms with E-state index in [2.05, 4.69) is 19.0 Å². The molecule has 0 bridgehead atoms. The molecular weight excluding hydrogens is 360 g/mol. The van der Waals surface area contributed by atoms with Gasteiger partial charge in [0.1, 0.15) is 11.0 Å². The molecule has 25 heavy (non-hydrogen) atoms. The van der Waals surface area contributed by atoms with Gasteiger partial charge >= 0.3 is 0 Å². The Bertz CT molecular complexity index is 888. The van der Waals surface area contributed by atoms with Crippen molar-refractivity contribution in [1.29, 1.82) is 0 Å². The highest BCUT2D eigenvalue weighted by molar-refractivity contribution is 7.91. The number of piperidine rings is 1. The summed E-state index contributed by atoms with van der Waals surface area (Å²) in [4.78, 5) is 14.7. The minimum absolute atomic E-state index is 0.0863. The van der Waals surface area contributed by atoms with E-state index in [4.69, 9.17) is 0 Å². The number of fused-ring (bicyclic) bond motifs is 1. The second-order valence-electron chi connectivity index (χ2n) is 6.81. The van der Waals surface area contributed by atoms with Gasteiger partial charge in [-0.2, -0.15) is 8.75 Å². The van der Waals surface area contributed by atoms with E-state index < -0.39 is 9.84 Å². The summed E-state index contributed by atoms with van der Waals surface area (Å²) in [6.07, 6.45) is 2.44. The molecule has 1 atom stereocenters. The summed E-state index contributed by atoms with van der Waals surface area (Å²) < 4.78 is 31.6. The normalized spacial score (nSPS) is 24.6. The number of nitrogens with zero attached hydrogens (tertiary/aromatic N) is 3. The highest BCUT2D eigenvalue weighted by atomic mass is 32.2. The maximum atomic E-state index is 12.5. The van der Waals surface area contributed by atoms with Crippen LogP contribution in [0.15, 0.2) is 18.2 Å². The first-order valence-electron chi connectivity index (χ1n) is 8.48. The summed E-state index contributed by atoms with van der Waals surface area (Å²) in [5.74, 6) is 0.505. The van der Waals surface area contributed by atoms with Gasteiger partial charge < -0.3 is 5.32 Å². The van der Waals surface area contributed by atoms with Gasteiger partial charge in [-0.3, -0.25) is 9.69 Å². The van der Waals surface area contributed by atoms with Gasteiger partial charge in [-0.05, 0) is 37.5 Å². The average molecular weight is 380 g/mol. The molecule has 1 N–H and O–H groups in total. The fraction of sp³-hybridized carbons (Fsp3) is 0.562. The second-order valence-corrected chi connectivity index (χ2v) is 9.57. The molecule has 3 heterocycles. The van der Waals surface area contributed by atoms with Crippen LogP contribution in [0.1, 0.15) is 29.6 Å². The Kier molecular flexibility index (Phi) is 4.47. The van der Waals surface area contributed by atoms with Crippen LogP contribution in [-0.2, 0) is 9.84 Å². The Morgan fingerprint density at radius 3 is 2.64 bits per heavy atom. The molecule has 0 saturated carbocycles. The fourth-order valence-corrected chi connectivity index (χ4v) is 5.94. The third-order valence-corrected chi connectivity index (χ3v) is 7.41. The molecule has 2 saturated heterocycles. The topological polar surface area (TPSA) is 92.3 Å². The van der Waals surface area contributed by atoms with Crippen LogP contribution in [0.25, 0.3) is 11.0 Å². The predicted octanol–water partition coefficient (Wildman–Crippen LogP) is 1.07. The summed E-state index contributed by atoms with van der Waals surface area (Å²) in [5, 5.41) is 3.09. The maximum Gasteiger partial charge on any atom is 0.251 e. The van der Waals surface area contributed by atoms with Crippen LogP contribution in [0.3, 0.4) is 0 Å². The van der Waals surface area contributed by atoms with Crippen LogP contribution in [0.4, 0.5) is 0 Å². The zero-order valence-corrected chi connectivity index (χ0v) is 15.4.